The first kappa shape index (κ1) is 18.1. The third-order valence-corrected chi connectivity index (χ3v) is 2.34. The number of phenolic OH excluding ortho intramolecular Hbond substituents is 1. The maximum Gasteiger partial charge on any atom is 0.313 e. The Balaban J connectivity index is 0.000000885. The maximum atomic E-state index is 11.5. The van der Waals surface area contributed by atoms with Crippen LogP contribution in [0.15, 0.2) is 18.2 Å². The normalized spacial score (nSPS) is 10.8. The second-order valence-corrected chi connectivity index (χ2v) is 3.72. The number of carbonyl (C=O) groups is 1. The zero-order valence-electron chi connectivity index (χ0n) is 11.3. The van der Waals surface area contributed by atoms with Crippen molar-refractivity contribution >= 4 is 11.7 Å². The van der Waals surface area contributed by atoms with Crippen molar-refractivity contribution < 1.29 is 29.9 Å². The Bertz CT molecular complexity index is 527. The summed E-state index contributed by atoms with van der Waals surface area (Å²) in [4.78, 5) is 29.7. The summed E-state index contributed by atoms with van der Waals surface area (Å²) in [5.74, 6) is -1.48. The zero-order chi connectivity index (χ0) is 16.6. The lowest BCUT2D eigenvalue weighted by Crippen LogP contribution is -2.13. The summed E-state index contributed by atoms with van der Waals surface area (Å²) in [5, 5.41) is 33.5. The number of nitrogens with zero attached hydrogens (tertiary/aromatic N) is 2. The fraction of sp³-hybridized carbons (Fsp3) is 0.364. The van der Waals surface area contributed by atoms with Gasteiger partial charge in [-0.1, -0.05) is 6.07 Å². The summed E-state index contributed by atoms with van der Waals surface area (Å²) < 4.78 is 4.82. The minimum Gasteiger partial charge on any atom is -0.502 e. The number of ether oxygens (including phenoxy) is 1. The number of carbonyl (C=O) groups excluding carboxylic acids is 1. The van der Waals surface area contributed by atoms with E-state index in [-0.39, 0.29) is 6.61 Å². The topological polar surface area (TPSA) is 153 Å². The smallest absolute Gasteiger partial charge is 0.313 e. The van der Waals surface area contributed by atoms with E-state index in [0.717, 1.165) is 0 Å². The molecule has 0 radical (unpaired) electrons. The van der Waals surface area contributed by atoms with Crippen LogP contribution in [0.4, 0.5) is 5.69 Å². The highest BCUT2D eigenvalue weighted by atomic mass is 16.9. The van der Waals surface area contributed by atoms with Gasteiger partial charge < -0.3 is 15.1 Å². The minimum absolute atomic E-state index is 0.253. The molecule has 21 heavy (non-hydrogen) atoms. The van der Waals surface area contributed by atoms with Crippen LogP contribution in [0.25, 0.3) is 0 Å². The van der Waals surface area contributed by atoms with Crippen molar-refractivity contribution in [1.82, 2.24) is 0 Å². The van der Waals surface area contributed by atoms with E-state index >= 15 is 0 Å². The van der Waals surface area contributed by atoms with E-state index in [0.29, 0.717) is 5.56 Å². The van der Waals surface area contributed by atoms with Crippen molar-refractivity contribution in [2.75, 3.05) is 6.61 Å². The molecule has 1 aromatic carbocycles. The summed E-state index contributed by atoms with van der Waals surface area (Å²) in [7, 11) is 0. The molecule has 0 aliphatic heterocycles. The number of hydrogen-bond donors (Lipinski definition) is 2. The van der Waals surface area contributed by atoms with E-state index in [1.165, 1.54) is 18.2 Å². The molecule has 10 nitrogen and oxygen atoms in total. The lowest BCUT2D eigenvalue weighted by molar-refractivity contribution is -0.742. The third kappa shape index (κ3) is 6.18. The van der Waals surface area contributed by atoms with Gasteiger partial charge >= 0.3 is 11.7 Å². The third-order valence-electron chi connectivity index (χ3n) is 2.34. The van der Waals surface area contributed by atoms with Crippen molar-refractivity contribution in [2.45, 2.75) is 19.8 Å². The number of nitro benzene ring substituents is 1. The van der Waals surface area contributed by atoms with Gasteiger partial charge in [0.05, 0.1) is 17.4 Å². The number of rotatable bonds is 4. The van der Waals surface area contributed by atoms with E-state index in [9.17, 15) is 20.0 Å². The average Bonchev–Trinajstić information content (AvgIpc) is 2.37. The largest absolute Gasteiger partial charge is 0.502 e. The lowest BCUT2D eigenvalue weighted by atomic mass is 10.0. The molecule has 116 valence electrons. The maximum absolute atomic E-state index is 11.5. The molecule has 0 fully saturated rings. The Morgan fingerprint density at radius 3 is 2.33 bits per heavy atom. The molecule has 1 atom stereocenters. The van der Waals surface area contributed by atoms with Gasteiger partial charge in [-0.05, 0) is 25.5 Å². The Morgan fingerprint density at radius 1 is 1.38 bits per heavy atom. The molecule has 0 heterocycles. The minimum atomic E-state index is -1.50. The SMILES string of the molecule is CCOC(=O)C(C)c1ccc(O)c([N+](=O)[O-])c1.O=[N+]([O-])O. The van der Waals surface area contributed by atoms with Crippen LogP contribution in [0, 0.1) is 20.2 Å². The number of hydrogen-bond acceptors (Lipinski definition) is 7. The van der Waals surface area contributed by atoms with Crippen LogP contribution in [0.3, 0.4) is 0 Å². The Hall–Kier alpha value is -2.91. The first-order valence-electron chi connectivity index (χ1n) is 5.67. The fourth-order valence-electron chi connectivity index (χ4n) is 1.36. The molecular formula is C11H14N2O8. The molecule has 2 N–H and O–H groups in total. The molecule has 1 unspecified atom stereocenters. The molecule has 10 heteroatoms. The highest BCUT2D eigenvalue weighted by molar-refractivity contribution is 5.78. The first-order valence-corrected chi connectivity index (χ1v) is 5.67. The van der Waals surface area contributed by atoms with Gasteiger partial charge in [0, 0.05) is 6.07 Å². The van der Waals surface area contributed by atoms with Crippen molar-refractivity contribution in [3.63, 3.8) is 0 Å². The molecule has 0 saturated heterocycles. The number of benzene rings is 1. The van der Waals surface area contributed by atoms with Crippen molar-refractivity contribution in [1.29, 1.82) is 0 Å². The van der Waals surface area contributed by atoms with Gasteiger partial charge in [0.15, 0.2) is 5.75 Å². The standard InChI is InChI=1S/C11H13NO5.HNO3/c1-3-17-11(14)7(2)8-4-5-10(13)9(6-8)12(15)16;2-1(3)4/h4-7,13H,3H2,1-2H3;(H,2,3,4). The van der Waals surface area contributed by atoms with E-state index in [2.05, 4.69) is 0 Å². The summed E-state index contributed by atoms with van der Waals surface area (Å²) in [6, 6.07) is 3.84. The van der Waals surface area contributed by atoms with Crippen LogP contribution in [0.2, 0.25) is 0 Å². The highest BCUT2D eigenvalue weighted by Gasteiger charge is 2.21. The van der Waals surface area contributed by atoms with Crippen LogP contribution in [-0.4, -0.2) is 32.9 Å². The predicted molar refractivity (Wildman–Crippen MR) is 68.6 cm³/mol. The molecule has 0 aliphatic carbocycles. The summed E-state index contributed by atoms with van der Waals surface area (Å²) in [6.07, 6.45) is 0. The first-order chi connectivity index (χ1) is 9.70. The van der Waals surface area contributed by atoms with E-state index in [1.54, 1.807) is 13.8 Å². The molecular weight excluding hydrogens is 288 g/mol. The van der Waals surface area contributed by atoms with Crippen LogP contribution < -0.4 is 0 Å². The molecule has 0 bridgehead atoms. The van der Waals surface area contributed by atoms with Gasteiger partial charge in [-0.3, -0.25) is 14.9 Å². The predicted octanol–water partition coefficient (Wildman–Crippen LogP) is 1.62. The second-order valence-electron chi connectivity index (χ2n) is 3.72. The molecule has 0 aliphatic rings. The zero-order valence-corrected chi connectivity index (χ0v) is 11.3. The Kier molecular flexibility index (Phi) is 7.15. The molecule has 0 amide bonds. The molecule has 0 aromatic heterocycles. The van der Waals surface area contributed by atoms with Crippen LogP contribution in [0.1, 0.15) is 25.3 Å². The van der Waals surface area contributed by atoms with Gasteiger partial charge in [-0.25, -0.2) is 0 Å². The average molecular weight is 302 g/mol. The van der Waals surface area contributed by atoms with Gasteiger partial charge in [-0.2, -0.15) is 0 Å². The van der Waals surface area contributed by atoms with Gasteiger partial charge in [-0.15, -0.1) is 10.1 Å². The Labute approximate surface area is 118 Å². The summed E-state index contributed by atoms with van der Waals surface area (Å²) in [5.41, 5.74) is 0.0200. The van der Waals surface area contributed by atoms with E-state index < -0.39 is 33.3 Å². The molecule has 0 spiro atoms. The summed E-state index contributed by atoms with van der Waals surface area (Å²) >= 11 is 0. The van der Waals surface area contributed by atoms with Gasteiger partial charge in [0.1, 0.15) is 0 Å². The van der Waals surface area contributed by atoms with Crippen molar-refractivity contribution in [3.8, 4) is 5.75 Å². The van der Waals surface area contributed by atoms with E-state index in [4.69, 9.17) is 20.1 Å². The molecule has 0 saturated carbocycles. The van der Waals surface area contributed by atoms with Crippen LogP contribution in [-0.2, 0) is 9.53 Å². The lowest BCUT2D eigenvalue weighted by Gasteiger charge is -2.10. The number of phenols is 1. The van der Waals surface area contributed by atoms with Crippen LogP contribution >= 0.6 is 0 Å². The van der Waals surface area contributed by atoms with E-state index in [1.807, 2.05) is 0 Å². The number of nitro groups is 1. The molecule has 1 aromatic rings. The Morgan fingerprint density at radius 2 is 1.90 bits per heavy atom. The fourth-order valence-corrected chi connectivity index (χ4v) is 1.36. The van der Waals surface area contributed by atoms with Gasteiger partial charge in [0.25, 0.3) is 5.09 Å². The second kappa shape index (κ2) is 8.30. The molecule has 1 rings (SSSR count). The highest BCUT2D eigenvalue weighted by Crippen LogP contribution is 2.29. The summed E-state index contributed by atoms with van der Waals surface area (Å²) in [6.45, 7) is 3.53. The quantitative estimate of drug-likeness (QED) is 0.483. The van der Waals surface area contributed by atoms with Crippen LogP contribution in [0.5, 0.6) is 5.75 Å². The monoisotopic (exact) mass is 302 g/mol. The van der Waals surface area contributed by atoms with Gasteiger partial charge in [0.2, 0.25) is 0 Å². The number of esters is 1. The number of aromatic hydroxyl groups is 1. The van der Waals surface area contributed by atoms with Crippen molar-refractivity contribution in [2.24, 2.45) is 0 Å². The van der Waals surface area contributed by atoms with Crippen molar-refractivity contribution in [3.05, 3.63) is 44.0 Å².